The van der Waals surface area contributed by atoms with Crippen molar-refractivity contribution < 1.29 is 4.74 Å². The third-order valence-corrected chi connectivity index (χ3v) is 3.68. The van der Waals surface area contributed by atoms with Gasteiger partial charge in [0, 0.05) is 18.0 Å². The van der Waals surface area contributed by atoms with Crippen molar-refractivity contribution in [3.63, 3.8) is 0 Å². The number of aromatic nitrogens is 1. The fourth-order valence-corrected chi connectivity index (χ4v) is 3.06. The van der Waals surface area contributed by atoms with Gasteiger partial charge in [0.1, 0.15) is 12.4 Å². The number of rotatable bonds is 4. The molecule has 1 aromatic carbocycles. The van der Waals surface area contributed by atoms with E-state index in [1.807, 2.05) is 6.07 Å². The minimum atomic E-state index is -0.0402. The van der Waals surface area contributed by atoms with Crippen LogP contribution in [0.25, 0.3) is 0 Å². The maximum atomic E-state index is 11.5. The molecule has 0 atom stereocenters. The van der Waals surface area contributed by atoms with E-state index in [0.717, 1.165) is 8.95 Å². The fourth-order valence-electron chi connectivity index (χ4n) is 1.61. The number of hydrogen-bond acceptors (Lipinski definition) is 3. The van der Waals surface area contributed by atoms with E-state index in [1.54, 1.807) is 29.0 Å². The van der Waals surface area contributed by atoms with Gasteiger partial charge in [-0.25, -0.2) is 0 Å². The first-order valence-electron chi connectivity index (χ1n) is 5.60. The van der Waals surface area contributed by atoms with Gasteiger partial charge < -0.3 is 15.0 Å². The first-order valence-corrected chi connectivity index (χ1v) is 7.19. The second-order valence-corrected chi connectivity index (χ2v) is 5.60. The second kappa shape index (κ2) is 6.25. The molecule has 0 aliphatic rings. The quantitative estimate of drug-likeness (QED) is 0.820. The minimum Gasteiger partial charge on any atom is -0.489 e. The number of ether oxygens (including phenoxy) is 1. The van der Waals surface area contributed by atoms with Gasteiger partial charge in [-0.2, -0.15) is 0 Å². The summed E-state index contributed by atoms with van der Waals surface area (Å²) in [5, 5.41) is 0. The molecule has 19 heavy (non-hydrogen) atoms. The fraction of sp³-hybridized carbons (Fsp3) is 0.154. The predicted molar refractivity (Wildman–Crippen MR) is 82.5 cm³/mol. The summed E-state index contributed by atoms with van der Waals surface area (Å²) in [5.41, 5.74) is 6.31. The number of nitrogens with zero attached hydrogens (tertiary/aromatic N) is 1. The van der Waals surface area contributed by atoms with Crippen LogP contribution in [0.3, 0.4) is 0 Å². The first kappa shape index (κ1) is 14.1. The van der Waals surface area contributed by atoms with Crippen LogP contribution in [0.15, 0.2) is 50.3 Å². The van der Waals surface area contributed by atoms with E-state index in [1.165, 1.54) is 6.07 Å². The Morgan fingerprint density at radius 3 is 2.53 bits per heavy atom. The Balaban J connectivity index is 2.04. The summed E-state index contributed by atoms with van der Waals surface area (Å²) in [7, 11) is 0. The standard InChI is InChI=1S/C13H12Br2N2O2/c14-10-7-9(16)8-11(15)13(10)19-6-5-17-4-2-1-3-12(17)18/h1-4,7-8H,5-6,16H2. The van der Waals surface area contributed by atoms with Crippen molar-refractivity contribution in [2.45, 2.75) is 6.54 Å². The van der Waals surface area contributed by atoms with Crippen molar-refractivity contribution in [1.82, 2.24) is 4.57 Å². The Morgan fingerprint density at radius 2 is 1.89 bits per heavy atom. The van der Waals surface area contributed by atoms with Crippen LogP contribution in [0, 0.1) is 0 Å². The van der Waals surface area contributed by atoms with E-state index < -0.39 is 0 Å². The highest BCUT2D eigenvalue weighted by molar-refractivity contribution is 9.11. The van der Waals surface area contributed by atoms with E-state index >= 15 is 0 Å². The summed E-state index contributed by atoms with van der Waals surface area (Å²) < 4.78 is 8.82. The number of nitrogens with two attached hydrogens (primary N) is 1. The first-order chi connectivity index (χ1) is 9.08. The molecule has 0 saturated carbocycles. The average molecular weight is 388 g/mol. The van der Waals surface area contributed by atoms with E-state index in [-0.39, 0.29) is 5.56 Å². The molecule has 4 nitrogen and oxygen atoms in total. The lowest BCUT2D eigenvalue weighted by Crippen LogP contribution is -2.21. The van der Waals surface area contributed by atoms with Gasteiger partial charge in [0.2, 0.25) is 0 Å². The van der Waals surface area contributed by atoms with Crippen LogP contribution in [-0.4, -0.2) is 11.2 Å². The Bertz CT molecular complexity index is 618. The van der Waals surface area contributed by atoms with Gasteiger partial charge in [0.05, 0.1) is 15.5 Å². The largest absolute Gasteiger partial charge is 0.489 e. The molecule has 100 valence electrons. The van der Waals surface area contributed by atoms with E-state index in [9.17, 15) is 4.79 Å². The number of nitrogen functional groups attached to an aromatic ring is 1. The lowest BCUT2D eigenvalue weighted by Gasteiger charge is -2.12. The third-order valence-electron chi connectivity index (χ3n) is 2.50. The molecular formula is C13H12Br2N2O2. The summed E-state index contributed by atoms with van der Waals surface area (Å²) in [6.07, 6.45) is 1.73. The minimum absolute atomic E-state index is 0.0402. The Hall–Kier alpha value is -1.27. The van der Waals surface area contributed by atoms with Gasteiger partial charge in [-0.15, -0.1) is 0 Å². The summed E-state index contributed by atoms with van der Waals surface area (Å²) in [6.45, 7) is 0.883. The predicted octanol–water partition coefficient (Wildman–Crippen LogP) is 3.03. The van der Waals surface area contributed by atoms with Crippen LogP contribution in [-0.2, 0) is 6.54 Å². The molecule has 6 heteroatoms. The summed E-state index contributed by atoms with van der Waals surface area (Å²) in [6, 6.07) is 8.60. The lowest BCUT2D eigenvalue weighted by molar-refractivity contribution is 0.293. The van der Waals surface area contributed by atoms with Crippen LogP contribution >= 0.6 is 31.9 Å². The van der Waals surface area contributed by atoms with Crippen molar-refractivity contribution >= 4 is 37.5 Å². The van der Waals surface area contributed by atoms with Crippen LogP contribution in [0.1, 0.15) is 0 Å². The highest BCUT2D eigenvalue weighted by Crippen LogP contribution is 2.35. The maximum Gasteiger partial charge on any atom is 0.250 e. The Kier molecular flexibility index (Phi) is 4.66. The normalized spacial score (nSPS) is 10.4. The molecular weight excluding hydrogens is 376 g/mol. The molecule has 0 saturated heterocycles. The average Bonchev–Trinajstić information content (AvgIpc) is 2.34. The third kappa shape index (κ3) is 3.61. The topological polar surface area (TPSA) is 57.2 Å². The summed E-state index contributed by atoms with van der Waals surface area (Å²) in [4.78, 5) is 11.5. The monoisotopic (exact) mass is 386 g/mol. The molecule has 0 fully saturated rings. The summed E-state index contributed by atoms with van der Waals surface area (Å²) in [5.74, 6) is 0.679. The van der Waals surface area contributed by atoms with Crippen LogP contribution < -0.4 is 16.0 Å². The maximum absolute atomic E-state index is 11.5. The lowest BCUT2D eigenvalue weighted by atomic mass is 10.3. The van der Waals surface area contributed by atoms with Gasteiger partial charge in [0.25, 0.3) is 5.56 Å². The molecule has 0 aliphatic heterocycles. The number of pyridine rings is 1. The summed E-state index contributed by atoms with van der Waals surface area (Å²) >= 11 is 6.79. The highest BCUT2D eigenvalue weighted by atomic mass is 79.9. The van der Waals surface area contributed by atoms with E-state index in [4.69, 9.17) is 10.5 Å². The molecule has 0 spiro atoms. The molecule has 1 aromatic heterocycles. The zero-order valence-electron chi connectivity index (χ0n) is 9.98. The van der Waals surface area contributed by atoms with Crippen molar-refractivity contribution in [3.8, 4) is 5.75 Å². The van der Waals surface area contributed by atoms with Crippen molar-refractivity contribution in [2.75, 3.05) is 12.3 Å². The molecule has 0 unspecified atom stereocenters. The Morgan fingerprint density at radius 1 is 1.21 bits per heavy atom. The second-order valence-electron chi connectivity index (χ2n) is 3.89. The smallest absolute Gasteiger partial charge is 0.250 e. The zero-order valence-corrected chi connectivity index (χ0v) is 13.1. The molecule has 2 rings (SSSR count). The molecule has 0 radical (unpaired) electrons. The van der Waals surface area contributed by atoms with Crippen molar-refractivity contribution in [3.05, 3.63) is 55.8 Å². The van der Waals surface area contributed by atoms with Crippen LogP contribution in [0.4, 0.5) is 5.69 Å². The van der Waals surface area contributed by atoms with Crippen LogP contribution in [0.5, 0.6) is 5.75 Å². The van der Waals surface area contributed by atoms with E-state index in [2.05, 4.69) is 31.9 Å². The molecule has 1 heterocycles. The molecule has 0 amide bonds. The number of hydrogen-bond donors (Lipinski definition) is 1. The number of halogens is 2. The molecule has 2 N–H and O–H groups in total. The van der Waals surface area contributed by atoms with E-state index in [0.29, 0.717) is 24.6 Å². The Labute approximate surface area is 127 Å². The van der Waals surface area contributed by atoms with Gasteiger partial charge in [-0.3, -0.25) is 4.79 Å². The van der Waals surface area contributed by atoms with Crippen molar-refractivity contribution in [2.24, 2.45) is 0 Å². The number of anilines is 1. The zero-order chi connectivity index (χ0) is 13.8. The molecule has 0 bridgehead atoms. The molecule has 2 aromatic rings. The highest BCUT2D eigenvalue weighted by Gasteiger charge is 2.07. The van der Waals surface area contributed by atoms with Crippen LogP contribution in [0.2, 0.25) is 0 Å². The SMILES string of the molecule is Nc1cc(Br)c(OCCn2ccccc2=O)c(Br)c1. The van der Waals surface area contributed by atoms with Gasteiger partial charge in [-0.05, 0) is 50.1 Å². The van der Waals surface area contributed by atoms with Gasteiger partial charge in [-0.1, -0.05) is 6.07 Å². The van der Waals surface area contributed by atoms with Gasteiger partial charge >= 0.3 is 0 Å². The van der Waals surface area contributed by atoms with Gasteiger partial charge in [0.15, 0.2) is 0 Å². The number of benzene rings is 1. The van der Waals surface area contributed by atoms with Crippen molar-refractivity contribution in [1.29, 1.82) is 0 Å². The molecule has 0 aliphatic carbocycles.